The van der Waals surface area contributed by atoms with Crippen LogP contribution >= 0.6 is 11.6 Å². The minimum absolute atomic E-state index is 0.0257. The molecular weight excluding hydrogens is 358 g/mol. The van der Waals surface area contributed by atoms with Crippen molar-refractivity contribution in [3.8, 4) is 0 Å². The molecule has 1 N–H and O–H groups in total. The van der Waals surface area contributed by atoms with Crippen LogP contribution in [0.2, 0.25) is 5.02 Å². The van der Waals surface area contributed by atoms with Crippen molar-refractivity contribution in [2.45, 2.75) is 33.2 Å². The van der Waals surface area contributed by atoms with Gasteiger partial charge in [-0.3, -0.25) is 4.79 Å². The molecule has 0 saturated carbocycles. The number of allylic oxidation sites excluding steroid dienone is 1. The molecule has 0 bridgehead atoms. The fourth-order valence-corrected chi connectivity index (χ4v) is 3.54. The van der Waals surface area contributed by atoms with E-state index < -0.39 is 0 Å². The number of nitrogens with one attached hydrogen (secondary N) is 1. The number of rotatable bonds is 3. The Hall–Kier alpha value is -2.59. The average Bonchev–Trinajstić information content (AvgIpc) is 2.60. The number of amides is 1. The standard InChI is InChI=1S/C22H24ClN3O/c1-14-10-20-18(15(2)12-22(3,4)26(20)5)11-16(14)13-24-25-21(27)17-8-6-7-9-19(17)23/h6-13H,1-5H3,(H,25,27)/b24-13-. The number of likely N-dealkylation sites (N-methyl/N-ethyl adjacent to an activating group) is 1. The van der Waals surface area contributed by atoms with E-state index in [9.17, 15) is 4.79 Å². The molecule has 0 aliphatic carbocycles. The van der Waals surface area contributed by atoms with E-state index in [0.29, 0.717) is 10.6 Å². The minimum Gasteiger partial charge on any atom is -0.365 e. The number of nitrogens with zero attached hydrogens (tertiary/aromatic N) is 2. The summed E-state index contributed by atoms with van der Waals surface area (Å²) in [5.41, 5.74) is 8.62. The summed E-state index contributed by atoms with van der Waals surface area (Å²) in [4.78, 5) is 14.5. The van der Waals surface area contributed by atoms with Crippen molar-refractivity contribution in [3.05, 3.63) is 69.8 Å². The molecule has 0 radical (unpaired) electrons. The largest absolute Gasteiger partial charge is 0.365 e. The van der Waals surface area contributed by atoms with Gasteiger partial charge in [0, 0.05) is 18.3 Å². The first-order valence-electron chi connectivity index (χ1n) is 8.87. The van der Waals surface area contributed by atoms with Crippen LogP contribution in [0.25, 0.3) is 5.57 Å². The Bertz CT molecular complexity index is 960. The van der Waals surface area contributed by atoms with Gasteiger partial charge in [-0.2, -0.15) is 5.10 Å². The summed E-state index contributed by atoms with van der Waals surface area (Å²) in [6.07, 6.45) is 3.95. The quantitative estimate of drug-likeness (QED) is 0.597. The van der Waals surface area contributed by atoms with Gasteiger partial charge >= 0.3 is 0 Å². The van der Waals surface area contributed by atoms with Gasteiger partial charge in [0.1, 0.15) is 0 Å². The lowest BCUT2D eigenvalue weighted by Gasteiger charge is -2.41. The second-order valence-corrected chi connectivity index (χ2v) is 7.85. The van der Waals surface area contributed by atoms with E-state index in [0.717, 1.165) is 11.1 Å². The van der Waals surface area contributed by atoms with Crippen LogP contribution in [-0.2, 0) is 0 Å². The number of carbonyl (C=O) groups excluding carboxylic acids is 1. The number of carbonyl (C=O) groups is 1. The third-order valence-electron chi connectivity index (χ3n) is 5.09. The van der Waals surface area contributed by atoms with Crippen LogP contribution in [0.1, 0.15) is 47.8 Å². The molecule has 0 fully saturated rings. The molecule has 5 heteroatoms. The maximum atomic E-state index is 12.2. The normalized spacial score (nSPS) is 15.5. The first-order valence-corrected chi connectivity index (χ1v) is 9.25. The van der Waals surface area contributed by atoms with Crippen LogP contribution < -0.4 is 10.3 Å². The fraction of sp³-hybridized carbons (Fsp3) is 0.273. The maximum Gasteiger partial charge on any atom is 0.272 e. The first-order chi connectivity index (χ1) is 12.7. The number of aryl methyl sites for hydroxylation is 1. The number of halogens is 1. The lowest BCUT2D eigenvalue weighted by atomic mass is 9.87. The molecule has 0 spiro atoms. The highest BCUT2D eigenvalue weighted by atomic mass is 35.5. The van der Waals surface area contributed by atoms with Gasteiger partial charge in [-0.1, -0.05) is 29.8 Å². The molecular formula is C22H24ClN3O. The highest BCUT2D eigenvalue weighted by Gasteiger charge is 2.28. The molecule has 3 rings (SSSR count). The summed E-state index contributed by atoms with van der Waals surface area (Å²) in [5.74, 6) is -0.329. The Kier molecular flexibility index (Phi) is 5.11. The molecule has 27 heavy (non-hydrogen) atoms. The molecule has 1 aliphatic heterocycles. The molecule has 2 aromatic carbocycles. The van der Waals surface area contributed by atoms with Crippen molar-refractivity contribution < 1.29 is 4.79 Å². The van der Waals surface area contributed by atoms with Gasteiger partial charge in [0.25, 0.3) is 5.91 Å². The summed E-state index contributed by atoms with van der Waals surface area (Å²) < 4.78 is 0. The van der Waals surface area contributed by atoms with Crippen molar-refractivity contribution in [1.29, 1.82) is 0 Å². The lowest BCUT2D eigenvalue weighted by Crippen LogP contribution is -2.42. The minimum atomic E-state index is -0.329. The van der Waals surface area contributed by atoms with Crippen LogP contribution in [0.3, 0.4) is 0 Å². The van der Waals surface area contributed by atoms with E-state index in [4.69, 9.17) is 11.6 Å². The molecule has 0 unspecified atom stereocenters. The van der Waals surface area contributed by atoms with Gasteiger partial charge in [0.2, 0.25) is 0 Å². The highest BCUT2D eigenvalue weighted by Crippen LogP contribution is 2.38. The van der Waals surface area contributed by atoms with Crippen LogP contribution in [0.15, 0.2) is 47.6 Å². The monoisotopic (exact) mass is 381 g/mol. The Balaban J connectivity index is 1.85. The second-order valence-electron chi connectivity index (χ2n) is 7.44. The molecule has 4 nitrogen and oxygen atoms in total. The summed E-state index contributed by atoms with van der Waals surface area (Å²) in [7, 11) is 2.11. The van der Waals surface area contributed by atoms with Crippen molar-refractivity contribution in [2.24, 2.45) is 5.10 Å². The van der Waals surface area contributed by atoms with E-state index in [2.05, 4.69) is 61.5 Å². The summed E-state index contributed by atoms with van der Waals surface area (Å²) >= 11 is 6.05. The molecule has 140 valence electrons. The number of hydrazone groups is 1. The van der Waals surface area contributed by atoms with Crippen molar-refractivity contribution >= 4 is 35.0 Å². The maximum absolute atomic E-state index is 12.2. The zero-order valence-corrected chi connectivity index (χ0v) is 17.1. The SMILES string of the molecule is CC1=CC(C)(C)N(C)c2cc(C)c(/C=N\NC(=O)c3ccccc3Cl)cc21. The van der Waals surface area contributed by atoms with Gasteiger partial charge in [-0.15, -0.1) is 0 Å². The third kappa shape index (κ3) is 3.76. The van der Waals surface area contributed by atoms with Crippen molar-refractivity contribution in [3.63, 3.8) is 0 Å². The fourth-order valence-electron chi connectivity index (χ4n) is 3.32. The second kappa shape index (κ2) is 7.20. The van der Waals surface area contributed by atoms with Gasteiger partial charge in [0.05, 0.1) is 22.3 Å². The number of hydrogen-bond acceptors (Lipinski definition) is 3. The van der Waals surface area contributed by atoms with E-state index in [-0.39, 0.29) is 11.4 Å². The molecule has 0 saturated heterocycles. The predicted octanol–water partition coefficient (Wildman–Crippen LogP) is 5.04. The van der Waals surface area contributed by atoms with E-state index >= 15 is 0 Å². The summed E-state index contributed by atoms with van der Waals surface area (Å²) in [6.45, 7) is 8.58. The van der Waals surface area contributed by atoms with Crippen LogP contribution in [0, 0.1) is 6.92 Å². The number of fused-ring (bicyclic) bond motifs is 1. The number of anilines is 1. The molecule has 2 aromatic rings. The summed E-state index contributed by atoms with van der Waals surface area (Å²) in [6, 6.07) is 11.2. The van der Waals surface area contributed by atoms with Crippen molar-refractivity contribution in [1.82, 2.24) is 5.43 Å². The topological polar surface area (TPSA) is 44.7 Å². The van der Waals surface area contributed by atoms with Gasteiger partial charge in [-0.05, 0) is 68.7 Å². The Labute approximate surface area is 165 Å². The molecule has 0 atom stereocenters. The van der Waals surface area contributed by atoms with Gasteiger partial charge in [-0.25, -0.2) is 5.43 Å². The molecule has 1 amide bonds. The van der Waals surface area contributed by atoms with Crippen molar-refractivity contribution in [2.75, 3.05) is 11.9 Å². The Morgan fingerprint density at radius 1 is 1.22 bits per heavy atom. The van der Waals surface area contributed by atoms with Gasteiger partial charge in [0.15, 0.2) is 0 Å². The van der Waals surface area contributed by atoms with E-state index in [1.807, 2.05) is 6.92 Å². The molecule has 0 aromatic heterocycles. The van der Waals surface area contributed by atoms with Crippen LogP contribution in [-0.4, -0.2) is 24.7 Å². The predicted molar refractivity (Wildman–Crippen MR) is 114 cm³/mol. The van der Waals surface area contributed by atoms with Crippen LogP contribution in [0.5, 0.6) is 0 Å². The molecule has 1 heterocycles. The third-order valence-corrected chi connectivity index (χ3v) is 5.42. The summed E-state index contributed by atoms with van der Waals surface area (Å²) in [5, 5.41) is 4.53. The zero-order valence-electron chi connectivity index (χ0n) is 16.3. The smallest absolute Gasteiger partial charge is 0.272 e. The highest BCUT2D eigenvalue weighted by molar-refractivity contribution is 6.33. The number of hydrogen-bond donors (Lipinski definition) is 1. The first kappa shape index (κ1) is 19.2. The Morgan fingerprint density at radius 3 is 2.63 bits per heavy atom. The van der Waals surface area contributed by atoms with Crippen LogP contribution in [0.4, 0.5) is 5.69 Å². The Morgan fingerprint density at radius 2 is 1.93 bits per heavy atom. The molecule has 1 aliphatic rings. The average molecular weight is 382 g/mol. The zero-order chi connectivity index (χ0) is 19.8. The lowest BCUT2D eigenvalue weighted by molar-refractivity contribution is 0.0955. The van der Waals surface area contributed by atoms with E-state index in [1.165, 1.54) is 16.8 Å². The van der Waals surface area contributed by atoms with E-state index in [1.54, 1.807) is 30.5 Å². The number of benzene rings is 2. The van der Waals surface area contributed by atoms with Gasteiger partial charge < -0.3 is 4.90 Å².